The van der Waals surface area contributed by atoms with Gasteiger partial charge in [0.25, 0.3) is 0 Å². The van der Waals surface area contributed by atoms with Gasteiger partial charge in [-0.2, -0.15) is 0 Å². The van der Waals surface area contributed by atoms with E-state index in [0.29, 0.717) is 12.5 Å². The Kier molecular flexibility index (Phi) is 6.99. The Bertz CT molecular complexity index is 312. The van der Waals surface area contributed by atoms with Crippen LogP contribution in [0.25, 0.3) is 0 Å². The van der Waals surface area contributed by atoms with Gasteiger partial charge in [-0.25, -0.2) is 0 Å². The first-order valence-electron chi connectivity index (χ1n) is 7.11. The Morgan fingerprint density at radius 3 is 2.39 bits per heavy atom. The van der Waals surface area contributed by atoms with Gasteiger partial charge in [0.2, 0.25) is 0 Å². The zero-order valence-corrected chi connectivity index (χ0v) is 11.9. The fourth-order valence-corrected chi connectivity index (χ4v) is 2.49. The third-order valence-corrected chi connectivity index (χ3v) is 3.32. The predicted molar refractivity (Wildman–Crippen MR) is 77.5 cm³/mol. The van der Waals surface area contributed by atoms with Gasteiger partial charge in [0.15, 0.2) is 0 Å². The summed E-state index contributed by atoms with van der Waals surface area (Å²) < 4.78 is 5.84. The Morgan fingerprint density at radius 1 is 1.17 bits per heavy atom. The smallest absolute Gasteiger partial charge is 0.0975 e. The van der Waals surface area contributed by atoms with Crippen molar-refractivity contribution in [2.24, 2.45) is 11.7 Å². The van der Waals surface area contributed by atoms with Crippen molar-refractivity contribution in [3.8, 4) is 0 Å². The molecule has 2 N–H and O–H groups in total. The second-order valence-corrected chi connectivity index (χ2v) is 5.08. The highest BCUT2D eigenvalue weighted by Gasteiger charge is 2.21. The molecule has 2 nitrogen and oxygen atoms in total. The molecule has 0 saturated carbocycles. The number of rotatable bonds is 8. The molecule has 0 aliphatic carbocycles. The number of ether oxygens (including phenoxy) is 1. The van der Waals surface area contributed by atoms with Crippen molar-refractivity contribution in [2.75, 3.05) is 6.61 Å². The lowest BCUT2D eigenvalue weighted by Gasteiger charge is -2.26. The highest BCUT2D eigenvalue weighted by atomic mass is 16.5. The molecular formula is C16H27NO. The molecule has 1 aromatic carbocycles. The molecule has 0 bridgehead atoms. The van der Waals surface area contributed by atoms with Crippen LogP contribution < -0.4 is 5.73 Å². The van der Waals surface area contributed by atoms with Gasteiger partial charge < -0.3 is 10.5 Å². The van der Waals surface area contributed by atoms with E-state index >= 15 is 0 Å². The summed E-state index contributed by atoms with van der Waals surface area (Å²) in [5.41, 5.74) is 7.53. The normalized spacial score (nSPS) is 16.2. The lowest BCUT2D eigenvalue weighted by Crippen LogP contribution is -2.32. The Balaban J connectivity index is 2.66. The molecule has 1 rings (SSSR count). The fourth-order valence-electron chi connectivity index (χ4n) is 2.49. The van der Waals surface area contributed by atoms with Crippen LogP contribution in [0, 0.1) is 5.92 Å². The molecule has 0 radical (unpaired) electrons. The maximum Gasteiger partial charge on any atom is 0.0975 e. The third-order valence-electron chi connectivity index (χ3n) is 3.32. The van der Waals surface area contributed by atoms with Crippen molar-refractivity contribution >= 4 is 0 Å². The molecule has 0 fully saturated rings. The molecule has 3 unspecified atom stereocenters. The van der Waals surface area contributed by atoms with Crippen LogP contribution in [0.5, 0.6) is 0 Å². The van der Waals surface area contributed by atoms with E-state index in [1.165, 1.54) is 18.4 Å². The largest absolute Gasteiger partial charge is 0.372 e. The highest BCUT2D eigenvalue weighted by molar-refractivity contribution is 5.19. The van der Waals surface area contributed by atoms with Crippen molar-refractivity contribution in [2.45, 2.75) is 52.2 Å². The highest BCUT2D eigenvalue weighted by Crippen LogP contribution is 2.25. The van der Waals surface area contributed by atoms with Crippen LogP contribution in [-0.2, 0) is 4.74 Å². The van der Waals surface area contributed by atoms with E-state index in [1.54, 1.807) is 0 Å². The van der Waals surface area contributed by atoms with Gasteiger partial charge >= 0.3 is 0 Å². The maximum absolute atomic E-state index is 6.34. The first-order valence-corrected chi connectivity index (χ1v) is 7.11. The summed E-state index contributed by atoms with van der Waals surface area (Å²) in [5, 5.41) is 0. The molecule has 0 aliphatic heterocycles. The molecular weight excluding hydrogens is 222 g/mol. The Morgan fingerprint density at radius 2 is 1.83 bits per heavy atom. The van der Waals surface area contributed by atoms with E-state index in [-0.39, 0.29) is 12.1 Å². The molecule has 0 saturated heterocycles. The molecule has 0 spiro atoms. The molecule has 0 amide bonds. The average Bonchev–Trinajstić information content (AvgIpc) is 2.37. The van der Waals surface area contributed by atoms with Gasteiger partial charge in [-0.05, 0) is 24.8 Å². The lowest BCUT2D eigenvalue weighted by molar-refractivity contribution is 0.0374. The molecule has 2 heteroatoms. The van der Waals surface area contributed by atoms with Crippen LogP contribution in [0.4, 0.5) is 0 Å². The monoisotopic (exact) mass is 249 g/mol. The van der Waals surface area contributed by atoms with E-state index in [2.05, 4.69) is 26.0 Å². The maximum atomic E-state index is 6.34. The van der Waals surface area contributed by atoms with Crippen LogP contribution >= 0.6 is 0 Å². The summed E-state index contributed by atoms with van der Waals surface area (Å²) >= 11 is 0. The number of benzene rings is 1. The van der Waals surface area contributed by atoms with Crippen molar-refractivity contribution < 1.29 is 4.74 Å². The summed E-state index contributed by atoms with van der Waals surface area (Å²) in [4.78, 5) is 0. The standard InChI is InChI=1S/C16H27NO/c1-4-9-13(3)12-15(17)16(18-5-2)14-10-7-6-8-11-14/h6-8,10-11,13,15-16H,4-5,9,12,17H2,1-3H3. The minimum atomic E-state index is 0.0236. The van der Waals surface area contributed by atoms with E-state index < -0.39 is 0 Å². The van der Waals surface area contributed by atoms with Gasteiger partial charge in [0, 0.05) is 12.6 Å². The summed E-state index contributed by atoms with van der Waals surface area (Å²) in [6.07, 6.45) is 3.50. The number of hydrogen-bond donors (Lipinski definition) is 1. The van der Waals surface area contributed by atoms with Gasteiger partial charge in [-0.1, -0.05) is 57.0 Å². The zero-order valence-electron chi connectivity index (χ0n) is 11.9. The molecule has 3 atom stereocenters. The quantitative estimate of drug-likeness (QED) is 0.758. The van der Waals surface area contributed by atoms with Gasteiger partial charge in [-0.15, -0.1) is 0 Å². The fraction of sp³-hybridized carbons (Fsp3) is 0.625. The van der Waals surface area contributed by atoms with Crippen molar-refractivity contribution in [3.63, 3.8) is 0 Å². The van der Waals surface area contributed by atoms with E-state index in [0.717, 1.165) is 6.42 Å². The second kappa shape index (κ2) is 8.28. The van der Waals surface area contributed by atoms with Gasteiger partial charge in [0.1, 0.15) is 0 Å². The van der Waals surface area contributed by atoms with Gasteiger partial charge in [-0.3, -0.25) is 0 Å². The summed E-state index contributed by atoms with van der Waals surface area (Å²) in [7, 11) is 0. The first kappa shape index (κ1) is 15.2. The van der Waals surface area contributed by atoms with Crippen LogP contribution in [-0.4, -0.2) is 12.6 Å². The second-order valence-electron chi connectivity index (χ2n) is 5.08. The van der Waals surface area contributed by atoms with Gasteiger partial charge in [0.05, 0.1) is 6.10 Å². The lowest BCUT2D eigenvalue weighted by atomic mass is 9.92. The van der Waals surface area contributed by atoms with E-state index in [1.807, 2.05) is 25.1 Å². The first-order chi connectivity index (χ1) is 8.69. The SMILES string of the molecule is CCCC(C)CC(N)C(OCC)c1ccccc1. The summed E-state index contributed by atoms with van der Waals surface area (Å²) in [6, 6.07) is 10.4. The van der Waals surface area contributed by atoms with Crippen molar-refractivity contribution in [3.05, 3.63) is 35.9 Å². The molecule has 0 heterocycles. The summed E-state index contributed by atoms with van der Waals surface area (Å²) in [5.74, 6) is 0.664. The minimum absolute atomic E-state index is 0.0236. The summed E-state index contributed by atoms with van der Waals surface area (Å²) in [6.45, 7) is 7.23. The average molecular weight is 249 g/mol. The molecule has 18 heavy (non-hydrogen) atoms. The van der Waals surface area contributed by atoms with Crippen LogP contribution in [0.2, 0.25) is 0 Å². The number of nitrogens with two attached hydrogens (primary N) is 1. The van der Waals surface area contributed by atoms with E-state index in [4.69, 9.17) is 10.5 Å². The Labute approximate surface area is 112 Å². The minimum Gasteiger partial charge on any atom is -0.372 e. The number of hydrogen-bond acceptors (Lipinski definition) is 2. The topological polar surface area (TPSA) is 35.2 Å². The zero-order chi connectivity index (χ0) is 13.4. The van der Waals surface area contributed by atoms with Crippen LogP contribution in [0.3, 0.4) is 0 Å². The third kappa shape index (κ3) is 4.79. The molecule has 0 aromatic heterocycles. The Hall–Kier alpha value is -0.860. The molecule has 0 aliphatic rings. The predicted octanol–water partition coefficient (Wildman–Crippen LogP) is 3.92. The van der Waals surface area contributed by atoms with Crippen LogP contribution in [0.15, 0.2) is 30.3 Å². The van der Waals surface area contributed by atoms with Crippen molar-refractivity contribution in [1.29, 1.82) is 0 Å². The van der Waals surface area contributed by atoms with Crippen LogP contribution in [0.1, 0.15) is 51.7 Å². The molecule has 102 valence electrons. The van der Waals surface area contributed by atoms with E-state index in [9.17, 15) is 0 Å². The molecule has 1 aromatic rings. The van der Waals surface area contributed by atoms with Crippen molar-refractivity contribution in [1.82, 2.24) is 0 Å².